The molecule has 0 spiro atoms. The quantitative estimate of drug-likeness (QED) is 0.875. The molecule has 1 fully saturated rings. The van der Waals surface area contributed by atoms with Crippen LogP contribution < -0.4 is 10.5 Å². The summed E-state index contributed by atoms with van der Waals surface area (Å²) in [7, 11) is 1.69. The molecule has 24 heavy (non-hydrogen) atoms. The molecule has 2 aromatic carbocycles. The average Bonchev–Trinajstić information content (AvgIpc) is 2.66. The number of fused-ring (bicyclic) bond motifs is 1. The van der Waals surface area contributed by atoms with Gasteiger partial charge in [-0.3, -0.25) is 0 Å². The van der Waals surface area contributed by atoms with Crippen LogP contribution in [0.25, 0.3) is 10.8 Å². The minimum atomic E-state index is -0.455. The summed E-state index contributed by atoms with van der Waals surface area (Å²) in [6.45, 7) is 4.15. The zero-order valence-electron chi connectivity index (χ0n) is 14.6. The molecule has 0 radical (unpaired) electrons. The van der Waals surface area contributed by atoms with E-state index in [2.05, 4.69) is 37.3 Å². The molecule has 0 aromatic heterocycles. The molecule has 0 aliphatic carbocycles. The lowest BCUT2D eigenvalue weighted by Crippen LogP contribution is -2.43. The van der Waals surface area contributed by atoms with Gasteiger partial charge in [-0.25, -0.2) is 0 Å². The average molecular weight is 329 g/mol. The molecule has 2 N–H and O–H groups in total. The van der Waals surface area contributed by atoms with Crippen LogP contribution in [0, 0.1) is 0 Å². The Morgan fingerprint density at radius 3 is 2.67 bits per heavy atom. The molecule has 3 rings (SSSR count). The highest BCUT2D eigenvalue weighted by Crippen LogP contribution is 2.36. The normalized spacial score (nSPS) is 24.2. The molecule has 1 heterocycles. The molecule has 1 aliphatic heterocycles. The predicted molar refractivity (Wildman–Crippen MR) is 96.5 cm³/mol. The standard InChI is InChI=1S/C20H27NO3/c1-3-20(10-5-11-21)23-13-16(14-24-20)18-7-4-6-15-12-17(22-2)8-9-19(15)18/h4,6-9,12,16H,3,5,10-11,13-14,21H2,1-2H3. The van der Waals surface area contributed by atoms with Gasteiger partial charge in [-0.05, 0) is 47.9 Å². The van der Waals surface area contributed by atoms with Gasteiger partial charge in [0.15, 0.2) is 5.79 Å². The topological polar surface area (TPSA) is 53.7 Å². The third-order valence-electron chi connectivity index (χ3n) is 4.96. The second-order valence-electron chi connectivity index (χ2n) is 6.41. The van der Waals surface area contributed by atoms with Crippen LogP contribution in [-0.4, -0.2) is 32.7 Å². The number of hydrogen-bond acceptors (Lipinski definition) is 4. The van der Waals surface area contributed by atoms with Crippen LogP contribution in [0.3, 0.4) is 0 Å². The van der Waals surface area contributed by atoms with Gasteiger partial charge < -0.3 is 19.9 Å². The van der Waals surface area contributed by atoms with Crippen LogP contribution in [0.4, 0.5) is 0 Å². The fourth-order valence-corrected chi connectivity index (χ4v) is 3.44. The van der Waals surface area contributed by atoms with E-state index in [0.29, 0.717) is 19.8 Å². The van der Waals surface area contributed by atoms with Gasteiger partial charge in [0.25, 0.3) is 0 Å². The fourth-order valence-electron chi connectivity index (χ4n) is 3.44. The summed E-state index contributed by atoms with van der Waals surface area (Å²) >= 11 is 0. The first-order valence-electron chi connectivity index (χ1n) is 8.76. The minimum Gasteiger partial charge on any atom is -0.497 e. The molecule has 4 heteroatoms. The van der Waals surface area contributed by atoms with Gasteiger partial charge in [0.2, 0.25) is 0 Å². The minimum absolute atomic E-state index is 0.250. The van der Waals surface area contributed by atoms with Crippen LogP contribution in [-0.2, 0) is 9.47 Å². The van der Waals surface area contributed by atoms with Crippen LogP contribution in [0.15, 0.2) is 36.4 Å². The third-order valence-corrected chi connectivity index (χ3v) is 4.96. The highest BCUT2D eigenvalue weighted by molar-refractivity contribution is 5.87. The largest absolute Gasteiger partial charge is 0.497 e. The Kier molecular flexibility index (Phi) is 5.39. The maximum Gasteiger partial charge on any atom is 0.168 e. The lowest BCUT2D eigenvalue weighted by Gasteiger charge is -2.40. The van der Waals surface area contributed by atoms with Crippen molar-refractivity contribution in [2.24, 2.45) is 5.73 Å². The smallest absolute Gasteiger partial charge is 0.168 e. The molecule has 0 atom stereocenters. The Labute approximate surface area is 143 Å². The summed E-state index contributed by atoms with van der Waals surface area (Å²) in [5.41, 5.74) is 6.92. The fraction of sp³-hybridized carbons (Fsp3) is 0.500. The zero-order valence-corrected chi connectivity index (χ0v) is 14.6. The Hall–Kier alpha value is -1.62. The van der Waals surface area contributed by atoms with Gasteiger partial charge in [-0.15, -0.1) is 0 Å². The third kappa shape index (κ3) is 3.41. The zero-order chi connectivity index (χ0) is 17.0. The van der Waals surface area contributed by atoms with E-state index in [4.69, 9.17) is 19.9 Å². The van der Waals surface area contributed by atoms with E-state index in [0.717, 1.165) is 25.0 Å². The second kappa shape index (κ2) is 7.51. The number of hydrogen-bond donors (Lipinski definition) is 1. The van der Waals surface area contributed by atoms with Crippen molar-refractivity contribution >= 4 is 10.8 Å². The Bertz CT molecular complexity index is 678. The van der Waals surface area contributed by atoms with Crippen molar-refractivity contribution in [3.05, 3.63) is 42.0 Å². The van der Waals surface area contributed by atoms with Crippen molar-refractivity contribution in [2.45, 2.75) is 37.9 Å². The summed E-state index contributed by atoms with van der Waals surface area (Å²) < 4.78 is 17.7. The molecule has 1 saturated heterocycles. The molecule has 2 aromatic rings. The SMILES string of the molecule is CCC1(CCCN)OCC(c2cccc3cc(OC)ccc23)CO1. The van der Waals surface area contributed by atoms with Gasteiger partial charge in [-0.2, -0.15) is 0 Å². The molecule has 130 valence electrons. The Balaban J connectivity index is 1.80. The molecule has 0 saturated carbocycles. The van der Waals surface area contributed by atoms with Crippen LogP contribution >= 0.6 is 0 Å². The van der Waals surface area contributed by atoms with E-state index in [9.17, 15) is 0 Å². The van der Waals surface area contributed by atoms with Gasteiger partial charge in [0.05, 0.1) is 20.3 Å². The highest BCUT2D eigenvalue weighted by atomic mass is 16.7. The molecular formula is C20H27NO3. The van der Waals surface area contributed by atoms with E-state index in [1.165, 1.54) is 16.3 Å². The van der Waals surface area contributed by atoms with Crippen molar-refractivity contribution in [1.82, 2.24) is 0 Å². The first-order valence-corrected chi connectivity index (χ1v) is 8.76. The van der Waals surface area contributed by atoms with Crippen LogP contribution in [0.2, 0.25) is 0 Å². The number of ether oxygens (including phenoxy) is 3. The van der Waals surface area contributed by atoms with Gasteiger partial charge >= 0.3 is 0 Å². The summed E-state index contributed by atoms with van der Waals surface area (Å²) in [5, 5.41) is 2.42. The monoisotopic (exact) mass is 329 g/mol. The summed E-state index contributed by atoms with van der Waals surface area (Å²) in [5.74, 6) is 0.672. The molecule has 0 bridgehead atoms. The van der Waals surface area contributed by atoms with Crippen LogP contribution in [0.1, 0.15) is 37.7 Å². The predicted octanol–water partition coefficient (Wildman–Crippen LogP) is 3.82. The lowest BCUT2D eigenvalue weighted by atomic mass is 9.93. The van der Waals surface area contributed by atoms with Crippen molar-refractivity contribution < 1.29 is 14.2 Å². The summed E-state index contributed by atoms with van der Waals surface area (Å²) in [4.78, 5) is 0. The van der Waals surface area contributed by atoms with Crippen molar-refractivity contribution in [2.75, 3.05) is 26.9 Å². The molecule has 4 nitrogen and oxygen atoms in total. The van der Waals surface area contributed by atoms with E-state index in [1.807, 2.05) is 6.07 Å². The number of rotatable bonds is 6. The Morgan fingerprint density at radius 2 is 2.00 bits per heavy atom. The van der Waals surface area contributed by atoms with E-state index < -0.39 is 5.79 Å². The van der Waals surface area contributed by atoms with Crippen molar-refractivity contribution in [3.8, 4) is 5.75 Å². The first kappa shape index (κ1) is 17.2. The molecular weight excluding hydrogens is 302 g/mol. The molecule has 0 unspecified atom stereocenters. The summed E-state index contributed by atoms with van der Waals surface area (Å²) in [6, 6.07) is 12.6. The highest BCUT2D eigenvalue weighted by Gasteiger charge is 2.36. The van der Waals surface area contributed by atoms with E-state index in [-0.39, 0.29) is 5.92 Å². The van der Waals surface area contributed by atoms with Gasteiger partial charge in [0.1, 0.15) is 5.75 Å². The second-order valence-corrected chi connectivity index (χ2v) is 6.41. The first-order chi connectivity index (χ1) is 11.7. The van der Waals surface area contributed by atoms with E-state index in [1.54, 1.807) is 7.11 Å². The molecule has 1 aliphatic rings. The van der Waals surface area contributed by atoms with Crippen LogP contribution in [0.5, 0.6) is 5.75 Å². The lowest BCUT2D eigenvalue weighted by molar-refractivity contribution is -0.277. The number of benzene rings is 2. The maximum absolute atomic E-state index is 6.18. The Morgan fingerprint density at radius 1 is 1.21 bits per heavy atom. The maximum atomic E-state index is 6.18. The van der Waals surface area contributed by atoms with Gasteiger partial charge in [-0.1, -0.05) is 31.2 Å². The molecule has 0 amide bonds. The van der Waals surface area contributed by atoms with Crippen molar-refractivity contribution in [3.63, 3.8) is 0 Å². The van der Waals surface area contributed by atoms with E-state index >= 15 is 0 Å². The van der Waals surface area contributed by atoms with Gasteiger partial charge in [0, 0.05) is 12.3 Å². The number of nitrogens with two attached hydrogens (primary N) is 1. The number of methoxy groups -OCH3 is 1. The summed E-state index contributed by atoms with van der Waals surface area (Å²) in [6.07, 6.45) is 2.64. The van der Waals surface area contributed by atoms with Crippen molar-refractivity contribution in [1.29, 1.82) is 0 Å².